The number of benzene rings is 1. The lowest BCUT2D eigenvalue weighted by Crippen LogP contribution is -2.48. The maximum absolute atomic E-state index is 14.9. The Labute approximate surface area is 202 Å². The summed E-state index contributed by atoms with van der Waals surface area (Å²) in [5.41, 5.74) is 9.79. The van der Waals surface area contributed by atoms with Crippen LogP contribution in [0, 0.1) is 25.5 Å². The van der Waals surface area contributed by atoms with Gasteiger partial charge in [-0.05, 0) is 45.7 Å². The van der Waals surface area contributed by atoms with Gasteiger partial charge in [-0.1, -0.05) is 0 Å². The van der Waals surface area contributed by atoms with E-state index in [1.807, 2.05) is 33.1 Å². The van der Waals surface area contributed by atoms with Crippen LogP contribution >= 0.6 is 0 Å². The summed E-state index contributed by atoms with van der Waals surface area (Å²) in [5, 5.41) is 0. The normalized spacial score (nSPS) is 21.3. The molecule has 3 aromatic rings. The van der Waals surface area contributed by atoms with Crippen LogP contribution in [-0.2, 0) is 4.74 Å². The molecule has 0 amide bonds. The third-order valence-electron chi connectivity index (χ3n) is 6.37. The van der Waals surface area contributed by atoms with Crippen molar-refractivity contribution in [2.45, 2.75) is 51.9 Å². The number of anilines is 1. The topological polar surface area (TPSA) is 89.5 Å². The van der Waals surface area contributed by atoms with Gasteiger partial charge in [0.15, 0.2) is 0 Å². The molecular formula is C26H28F2N6O. The zero-order chi connectivity index (χ0) is 24.7. The van der Waals surface area contributed by atoms with E-state index in [1.165, 1.54) is 18.3 Å². The fourth-order valence-electron chi connectivity index (χ4n) is 4.22. The maximum atomic E-state index is 14.9. The van der Waals surface area contributed by atoms with Crippen LogP contribution < -0.4 is 10.6 Å². The molecular weight excluding hydrogens is 450 g/mol. The van der Waals surface area contributed by atoms with E-state index < -0.39 is 11.6 Å². The van der Waals surface area contributed by atoms with Crippen molar-refractivity contribution >= 4 is 23.1 Å². The lowest BCUT2D eigenvalue weighted by molar-refractivity contribution is 0.00692. The summed E-state index contributed by atoms with van der Waals surface area (Å²) < 4.78 is 34.7. The van der Waals surface area contributed by atoms with Gasteiger partial charge in [0.2, 0.25) is 0 Å². The lowest BCUT2D eigenvalue weighted by atomic mass is 10.1. The van der Waals surface area contributed by atoms with E-state index >= 15 is 0 Å². The van der Waals surface area contributed by atoms with Crippen molar-refractivity contribution < 1.29 is 13.5 Å². The summed E-state index contributed by atoms with van der Waals surface area (Å²) in [4.78, 5) is 20.8. The van der Waals surface area contributed by atoms with Gasteiger partial charge in [0.25, 0.3) is 0 Å². The highest BCUT2D eigenvalue weighted by Crippen LogP contribution is 2.32. The number of aromatic nitrogens is 3. The highest BCUT2D eigenvalue weighted by molar-refractivity contribution is 5.91. The summed E-state index contributed by atoms with van der Waals surface area (Å²) in [6.45, 7) is 6.78. The Morgan fingerprint density at radius 3 is 2.60 bits per heavy atom. The van der Waals surface area contributed by atoms with Gasteiger partial charge in [-0.25, -0.2) is 23.7 Å². The first-order valence-corrected chi connectivity index (χ1v) is 11.8. The first-order chi connectivity index (χ1) is 16.8. The number of aryl methyl sites for hydroxylation is 2. The molecule has 0 spiro atoms. The third kappa shape index (κ3) is 4.86. The first kappa shape index (κ1) is 23.3. The third-order valence-corrected chi connectivity index (χ3v) is 6.37. The van der Waals surface area contributed by atoms with Gasteiger partial charge >= 0.3 is 0 Å². The summed E-state index contributed by atoms with van der Waals surface area (Å²) >= 11 is 0. The second-order valence-electron chi connectivity index (χ2n) is 9.23. The Bertz CT molecular complexity index is 1340. The zero-order valence-corrected chi connectivity index (χ0v) is 20.0. The van der Waals surface area contributed by atoms with Gasteiger partial charge in [-0.3, -0.25) is 4.99 Å². The second-order valence-corrected chi connectivity index (χ2v) is 9.23. The van der Waals surface area contributed by atoms with Gasteiger partial charge in [0.1, 0.15) is 34.8 Å². The fraction of sp³-hybridized carbons (Fsp3) is 0.385. The number of nitrogens with two attached hydrogens (primary N) is 1. The van der Waals surface area contributed by atoms with Gasteiger partial charge in [-0.2, -0.15) is 0 Å². The molecule has 1 saturated carbocycles. The van der Waals surface area contributed by atoms with Crippen LogP contribution in [0.4, 0.5) is 14.6 Å². The van der Waals surface area contributed by atoms with Crippen LogP contribution in [-0.4, -0.2) is 52.5 Å². The van der Waals surface area contributed by atoms with Crippen LogP contribution in [0.2, 0.25) is 0 Å². The van der Waals surface area contributed by atoms with Crippen LogP contribution in [0.1, 0.15) is 31.2 Å². The van der Waals surface area contributed by atoms with Crippen LogP contribution in [0.5, 0.6) is 0 Å². The molecule has 1 aliphatic carbocycles. The average molecular weight is 479 g/mol. The van der Waals surface area contributed by atoms with E-state index in [4.69, 9.17) is 20.4 Å². The molecule has 9 heteroatoms. The van der Waals surface area contributed by atoms with Crippen LogP contribution in [0.3, 0.4) is 0 Å². The predicted molar refractivity (Wildman–Crippen MR) is 132 cm³/mol. The van der Waals surface area contributed by atoms with Gasteiger partial charge in [-0.15, -0.1) is 0 Å². The number of aliphatic imine (C=N–C) groups is 1. The largest absolute Gasteiger partial charge is 0.404 e. The Morgan fingerprint density at radius 1 is 1.11 bits per heavy atom. The van der Waals surface area contributed by atoms with Crippen molar-refractivity contribution in [1.29, 1.82) is 0 Å². The monoisotopic (exact) mass is 478 g/mol. The second kappa shape index (κ2) is 9.30. The standard InChI is InChI=1S/C26H28F2N6O/c1-14-12-34(13-23(35-14)17(10-29)11-30-19-5-6-19)24-9-22-26(32-16(3)15(2)31-22)25(33-24)20-7-4-18(27)8-21(20)28/h4,7-11,14,19,23H,5-6,12-13,29H2,1-3H3/b17-10+,30-11?/t14-,23-/m0/s1. The maximum Gasteiger partial charge on any atom is 0.135 e. The summed E-state index contributed by atoms with van der Waals surface area (Å²) in [7, 11) is 0. The van der Waals surface area contributed by atoms with Gasteiger partial charge < -0.3 is 15.4 Å². The van der Waals surface area contributed by atoms with Crippen molar-refractivity contribution in [2.75, 3.05) is 18.0 Å². The predicted octanol–water partition coefficient (Wildman–Crippen LogP) is 4.26. The molecule has 5 rings (SSSR count). The molecule has 1 saturated heterocycles. The molecule has 2 atom stereocenters. The van der Waals surface area contributed by atoms with Crippen LogP contribution in [0.15, 0.2) is 41.0 Å². The Hall–Kier alpha value is -3.46. The average Bonchev–Trinajstić information content (AvgIpc) is 3.64. The molecule has 0 unspecified atom stereocenters. The number of halogens is 2. The Kier molecular flexibility index (Phi) is 6.19. The van der Waals surface area contributed by atoms with E-state index in [1.54, 1.807) is 0 Å². The molecule has 0 bridgehead atoms. The van der Waals surface area contributed by atoms with E-state index in [0.717, 1.165) is 35.9 Å². The number of ether oxygens (including phenoxy) is 1. The van der Waals surface area contributed by atoms with E-state index in [-0.39, 0.29) is 17.8 Å². The number of pyridine rings is 1. The highest BCUT2D eigenvalue weighted by Gasteiger charge is 2.30. The Balaban J connectivity index is 1.58. The number of hydrogen-bond donors (Lipinski definition) is 1. The van der Waals surface area contributed by atoms with Crippen molar-refractivity contribution in [3.05, 3.63) is 59.1 Å². The molecule has 7 nitrogen and oxygen atoms in total. The quantitative estimate of drug-likeness (QED) is 0.552. The summed E-state index contributed by atoms with van der Waals surface area (Å²) in [6.07, 6.45) is 5.16. The van der Waals surface area contributed by atoms with Crippen molar-refractivity contribution in [1.82, 2.24) is 15.0 Å². The van der Waals surface area contributed by atoms with Crippen molar-refractivity contribution in [3.63, 3.8) is 0 Å². The highest BCUT2D eigenvalue weighted by atomic mass is 19.1. The van der Waals surface area contributed by atoms with Crippen LogP contribution in [0.25, 0.3) is 22.3 Å². The number of fused-ring (bicyclic) bond motifs is 1. The van der Waals surface area contributed by atoms with Gasteiger partial charge in [0, 0.05) is 42.2 Å². The fourth-order valence-corrected chi connectivity index (χ4v) is 4.22. The van der Waals surface area contributed by atoms with Crippen molar-refractivity contribution in [3.8, 4) is 11.3 Å². The number of rotatable bonds is 5. The number of hydrogen-bond acceptors (Lipinski definition) is 7. The lowest BCUT2D eigenvalue weighted by Gasteiger charge is -2.38. The summed E-state index contributed by atoms with van der Waals surface area (Å²) in [5.74, 6) is -0.734. The molecule has 3 heterocycles. The minimum atomic E-state index is -0.700. The molecule has 2 N–H and O–H groups in total. The van der Waals surface area contributed by atoms with Crippen molar-refractivity contribution in [2.24, 2.45) is 10.7 Å². The molecule has 35 heavy (non-hydrogen) atoms. The SMILES string of the molecule is Cc1nc2cc(N3C[C@@H](/C(C=NC4CC4)=C/N)O[C@@H](C)C3)nc(-c3ccc(F)cc3F)c2nc1C. The Morgan fingerprint density at radius 2 is 1.89 bits per heavy atom. The molecule has 1 aliphatic heterocycles. The molecule has 2 aliphatic rings. The number of morpholine rings is 1. The minimum Gasteiger partial charge on any atom is -0.404 e. The first-order valence-electron chi connectivity index (χ1n) is 11.8. The molecule has 1 aromatic carbocycles. The smallest absolute Gasteiger partial charge is 0.135 e. The van der Waals surface area contributed by atoms with E-state index in [0.29, 0.717) is 41.7 Å². The molecule has 2 fully saturated rings. The zero-order valence-electron chi connectivity index (χ0n) is 20.0. The molecule has 0 radical (unpaired) electrons. The molecule has 2 aromatic heterocycles. The minimum absolute atomic E-state index is 0.104. The van der Waals surface area contributed by atoms with E-state index in [2.05, 4.69) is 14.9 Å². The van der Waals surface area contributed by atoms with Gasteiger partial charge in [0.05, 0.1) is 35.6 Å². The summed E-state index contributed by atoms with van der Waals surface area (Å²) in [6, 6.07) is 5.70. The van der Waals surface area contributed by atoms with E-state index in [9.17, 15) is 8.78 Å². The molecule has 182 valence electrons. The number of nitrogens with zero attached hydrogens (tertiary/aromatic N) is 5.